The summed E-state index contributed by atoms with van der Waals surface area (Å²) >= 11 is 0. The fourth-order valence-corrected chi connectivity index (χ4v) is 2.29. The molecule has 0 aliphatic heterocycles. The van der Waals surface area contributed by atoms with Crippen molar-refractivity contribution in [2.24, 2.45) is 0 Å². The van der Waals surface area contributed by atoms with E-state index < -0.39 is 0 Å². The van der Waals surface area contributed by atoms with Crippen LogP contribution in [0.3, 0.4) is 0 Å². The van der Waals surface area contributed by atoms with Crippen molar-refractivity contribution in [3.05, 3.63) is 60.2 Å². The van der Waals surface area contributed by atoms with Crippen molar-refractivity contribution in [2.75, 3.05) is 6.54 Å². The Labute approximate surface area is 142 Å². The van der Waals surface area contributed by atoms with E-state index in [-0.39, 0.29) is 24.3 Å². The smallest absolute Gasteiger partial charge is 0.222 e. The molecule has 0 spiro atoms. The Bertz CT molecular complexity index is 686. The Hall–Kier alpha value is -2.82. The van der Waals surface area contributed by atoms with Crippen molar-refractivity contribution in [3.8, 4) is 11.5 Å². The first kappa shape index (κ1) is 17.5. The van der Waals surface area contributed by atoms with E-state index in [1.165, 1.54) is 6.92 Å². The summed E-state index contributed by atoms with van der Waals surface area (Å²) in [7, 11) is 0. The molecule has 0 saturated heterocycles. The molecule has 24 heavy (non-hydrogen) atoms. The predicted molar refractivity (Wildman–Crippen MR) is 92.8 cm³/mol. The van der Waals surface area contributed by atoms with Crippen molar-refractivity contribution in [2.45, 2.75) is 26.3 Å². The molecule has 0 saturated carbocycles. The van der Waals surface area contributed by atoms with Crippen LogP contribution in [-0.4, -0.2) is 18.4 Å². The van der Waals surface area contributed by atoms with Gasteiger partial charge in [0.25, 0.3) is 0 Å². The van der Waals surface area contributed by atoms with Crippen LogP contribution in [0.5, 0.6) is 11.5 Å². The van der Waals surface area contributed by atoms with Gasteiger partial charge in [0.15, 0.2) is 0 Å². The van der Waals surface area contributed by atoms with Crippen LogP contribution < -0.4 is 15.4 Å². The first-order chi connectivity index (χ1) is 11.6. The number of rotatable bonds is 7. The second-order valence-corrected chi connectivity index (χ2v) is 5.48. The van der Waals surface area contributed by atoms with Gasteiger partial charge in [-0.3, -0.25) is 9.59 Å². The minimum absolute atomic E-state index is 0.120. The molecule has 2 amide bonds. The Balaban J connectivity index is 2.00. The minimum atomic E-state index is -0.199. The lowest BCUT2D eigenvalue weighted by Gasteiger charge is -2.18. The maximum atomic E-state index is 12.0. The third-order valence-electron chi connectivity index (χ3n) is 3.46. The third kappa shape index (κ3) is 5.43. The molecule has 0 aromatic heterocycles. The van der Waals surface area contributed by atoms with Crippen LogP contribution in [0.15, 0.2) is 54.6 Å². The number of para-hydroxylation sites is 2. The van der Waals surface area contributed by atoms with Crippen molar-refractivity contribution in [1.29, 1.82) is 0 Å². The molecule has 1 atom stereocenters. The van der Waals surface area contributed by atoms with Gasteiger partial charge in [-0.2, -0.15) is 0 Å². The number of hydrogen-bond acceptors (Lipinski definition) is 3. The normalized spacial score (nSPS) is 11.4. The Kier molecular flexibility index (Phi) is 6.37. The van der Waals surface area contributed by atoms with Crippen molar-refractivity contribution < 1.29 is 14.3 Å². The van der Waals surface area contributed by atoms with E-state index in [0.717, 1.165) is 11.3 Å². The molecule has 126 valence electrons. The molecule has 5 heteroatoms. The molecule has 2 rings (SSSR count). The topological polar surface area (TPSA) is 67.4 Å². The molecule has 5 nitrogen and oxygen atoms in total. The summed E-state index contributed by atoms with van der Waals surface area (Å²) in [5.74, 6) is 1.19. The van der Waals surface area contributed by atoms with E-state index in [1.807, 2.05) is 61.5 Å². The van der Waals surface area contributed by atoms with Gasteiger partial charge in [-0.05, 0) is 25.1 Å². The predicted octanol–water partition coefficient (Wildman–Crippen LogP) is 3.18. The molecule has 0 aliphatic carbocycles. The van der Waals surface area contributed by atoms with E-state index >= 15 is 0 Å². The number of ether oxygens (including phenoxy) is 1. The molecule has 0 aliphatic rings. The highest BCUT2D eigenvalue weighted by molar-refractivity contribution is 5.78. The molecule has 0 heterocycles. The third-order valence-corrected chi connectivity index (χ3v) is 3.46. The molecule has 2 N–H and O–H groups in total. The average molecular weight is 326 g/mol. The molecule has 0 unspecified atom stereocenters. The van der Waals surface area contributed by atoms with E-state index in [2.05, 4.69) is 10.6 Å². The first-order valence-electron chi connectivity index (χ1n) is 7.92. The lowest BCUT2D eigenvalue weighted by Crippen LogP contribution is -2.31. The summed E-state index contributed by atoms with van der Waals surface area (Å²) in [5.41, 5.74) is 0.897. The molecular weight excluding hydrogens is 304 g/mol. The first-order valence-corrected chi connectivity index (χ1v) is 7.92. The van der Waals surface area contributed by atoms with Crippen molar-refractivity contribution in [1.82, 2.24) is 10.6 Å². The van der Waals surface area contributed by atoms with Crippen LogP contribution in [0.1, 0.15) is 31.9 Å². The number of carbonyl (C=O) groups is 2. The summed E-state index contributed by atoms with van der Waals surface area (Å²) in [6.45, 7) is 3.66. The Morgan fingerprint density at radius 3 is 2.42 bits per heavy atom. The second-order valence-electron chi connectivity index (χ2n) is 5.48. The number of amides is 2. The van der Waals surface area contributed by atoms with Gasteiger partial charge >= 0.3 is 0 Å². The van der Waals surface area contributed by atoms with E-state index in [9.17, 15) is 9.59 Å². The maximum Gasteiger partial charge on any atom is 0.222 e. The second kappa shape index (κ2) is 8.72. The summed E-state index contributed by atoms with van der Waals surface area (Å²) in [5, 5.41) is 5.53. The molecular formula is C19H22N2O3. The van der Waals surface area contributed by atoms with E-state index in [1.54, 1.807) is 0 Å². The standard InChI is InChI=1S/C19H22N2O3/c1-14(21-19(23)12-13-20-15(2)22)17-10-6-7-11-18(17)24-16-8-4-3-5-9-16/h3-11,14H,12-13H2,1-2H3,(H,20,22)(H,21,23)/t14-/m1/s1. The van der Waals surface area contributed by atoms with Crippen LogP contribution in [0.2, 0.25) is 0 Å². The van der Waals surface area contributed by atoms with E-state index in [0.29, 0.717) is 12.3 Å². The number of benzene rings is 2. The fraction of sp³-hybridized carbons (Fsp3) is 0.263. The molecule has 0 fully saturated rings. The SMILES string of the molecule is CC(=O)NCCC(=O)N[C@H](C)c1ccccc1Oc1ccccc1. The summed E-state index contributed by atoms with van der Waals surface area (Å²) in [6.07, 6.45) is 0.242. The summed E-state index contributed by atoms with van der Waals surface area (Å²) < 4.78 is 5.92. The minimum Gasteiger partial charge on any atom is -0.457 e. The van der Waals surface area contributed by atoms with Crippen LogP contribution in [0.25, 0.3) is 0 Å². The van der Waals surface area contributed by atoms with Crippen molar-refractivity contribution >= 4 is 11.8 Å². The number of carbonyl (C=O) groups excluding carboxylic acids is 2. The van der Waals surface area contributed by atoms with Crippen LogP contribution >= 0.6 is 0 Å². The molecule has 2 aromatic carbocycles. The monoisotopic (exact) mass is 326 g/mol. The van der Waals surface area contributed by atoms with Gasteiger partial charge in [-0.15, -0.1) is 0 Å². The van der Waals surface area contributed by atoms with Crippen LogP contribution in [0, 0.1) is 0 Å². The summed E-state index contributed by atoms with van der Waals surface area (Å²) in [6, 6.07) is 16.9. The Morgan fingerprint density at radius 1 is 1.04 bits per heavy atom. The highest BCUT2D eigenvalue weighted by Crippen LogP contribution is 2.29. The molecule has 0 bridgehead atoms. The highest BCUT2D eigenvalue weighted by Gasteiger charge is 2.14. The van der Waals surface area contributed by atoms with Gasteiger partial charge in [0, 0.05) is 25.5 Å². The van der Waals surface area contributed by atoms with E-state index in [4.69, 9.17) is 4.74 Å². The lowest BCUT2D eigenvalue weighted by molar-refractivity contribution is -0.122. The number of hydrogen-bond donors (Lipinski definition) is 2. The maximum absolute atomic E-state index is 12.0. The van der Waals surface area contributed by atoms with Crippen LogP contribution in [0.4, 0.5) is 0 Å². The Morgan fingerprint density at radius 2 is 1.71 bits per heavy atom. The number of nitrogens with one attached hydrogen (secondary N) is 2. The zero-order chi connectivity index (χ0) is 17.4. The zero-order valence-corrected chi connectivity index (χ0v) is 13.9. The van der Waals surface area contributed by atoms with Gasteiger partial charge in [-0.1, -0.05) is 36.4 Å². The van der Waals surface area contributed by atoms with Crippen molar-refractivity contribution in [3.63, 3.8) is 0 Å². The van der Waals surface area contributed by atoms with Gasteiger partial charge in [0.2, 0.25) is 11.8 Å². The van der Waals surface area contributed by atoms with Gasteiger partial charge in [0.1, 0.15) is 11.5 Å². The lowest BCUT2D eigenvalue weighted by atomic mass is 10.1. The average Bonchev–Trinajstić information content (AvgIpc) is 2.56. The van der Waals surface area contributed by atoms with Gasteiger partial charge < -0.3 is 15.4 Å². The largest absolute Gasteiger partial charge is 0.457 e. The fourth-order valence-electron chi connectivity index (χ4n) is 2.29. The highest BCUT2D eigenvalue weighted by atomic mass is 16.5. The van der Waals surface area contributed by atoms with Gasteiger partial charge in [-0.25, -0.2) is 0 Å². The quantitative estimate of drug-likeness (QED) is 0.821. The van der Waals surface area contributed by atoms with Crippen LogP contribution in [-0.2, 0) is 9.59 Å². The zero-order valence-electron chi connectivity index (χ0n) is 13.9. The van der Waals surface area contributed by atoms with Gasteiger partial charge in [0.05, 0.1) is 6.04 Å². The molecule has 2 aromatic rings. The molecule has 0 radical (unpaired) electrons. The summed E-state index contributed by atoms with van der Waals surface area (Å²) in [4.78, 5) is 22.8.